The van der Waals surface area contributed by atoms with Gasteiger partial charge in [0.05, 0.1) is 6.61 Å². The highest BCUT2D eigenvalue weighted by molar-refractivity contribution is 5.76. The summed E-state index contributed by atoms with van der Waals surface area (Å²) in [6, 6.07) is 0. The number of hydrogen-bond acceptors (Lipinski definition) is 4. The van der Waals surface area contributed by atoms with Crippen LogP contribution in [0.5, 0.6) is 0 Å². The van der Waals surface area contributed by atoms with Gasteiger partial charge in [0.1, 0.15) is 0 Å². The molecule has 0 aromatic heterocycles. The van der Waals surface area contributed by atoms with E-state index in [0.29, 0.717) is 12.8 Å². The Bertz CT molecular complexity index is 227. The van der Waals surface area contributed by atoms with Crippen LogP contribution in [0.3, 0.4) is 0 Å². The molecular weight excluding hydrogens is 198 g/mol. The average Bonchev–Trinajstić information content (AvgIpc) is 2.25. The molecule has 6 nitrogen and oxygen atoms in total. The third kappa shape index (κ3) is 4.64. The molecule has 0 bridgehead atoms. The summed E-state index contributed by atoms with van der Waals surface area (Å²) in [6.45, 7) is 3.44. The number of carbonyl (C=O) groups excluding carboxylic acids is 2. The Hall–Kier alpha value is -1.30. The average molecular weight is 215 g/mol. The van der Waals surface area contributed by atoms with Crippen molar-refractivity contribution in [2.45, 2.75) is 12.8 Å². The Morgan fingerprint density at radius 1 is 1.33 bits per heavy atom. The van der Waals surface area contributed by atoms with E-state index in [9.17, 15) is 9.59 Å². The number of ether oxygens (including phenoxy) is 1. The summed E-state index contributed by atoms with van der Waals surface area (Å²) in [5.41, 5.74) is 4.79. The molecule has 6 heteroatoms. The molecule has 0 spiro atoms. The van der Waals surface area contributed by atoms with Crippen molar-refractivity contribution in [3.05, 3.63) is 0 Å². The van der Waals surface area contributed by atoms with Gasteiger partial charge in [0.15, 0.2) is 0 Å². The van der Waals surface area contributed by atoms with Gasteiger partial charge in [-0.15, -0.1) is 0 Å². The summed E-state index contributed by atoms with van der Waals surface area (Å²) in [7, 11) is 0. The van der Waals surface area contributed by atoms with E-state index in [1.165, 1.54) is 0 Å². The molecule has 0 aromatic rings. The normalized spacial score (nSPS) is 16.1. The van der Waals surface area contributed by atoms with Gasteiger partial charge >= 0.3 is 6.09 Å². The molecule has 1 heterocycles. The van der Waals surface area contributed by atoms with Gasteiger partial charge < -0.3 is 20.7 Å². The number of primary amides is 1. The molecule has 1 rings (SSSR count). The summed E-state index contributed by atoms with van der Waals surface area (Å²) < 4.78 is 4.54. The van der Waals surface area contributed by atoms with E-state index in [4.69, 9.17) is 5.73 Å². The number of carbonyl (C=O) groups is 2. The summed E-state index contributed by atoms with van der Waals surface area (Å²) in [5, 5.41) is 3.17. The standard InChI is InChI=1S/C9H17N3O3/c10-9(14)15-7-1-2-8(13)12-5-3-11-4-6-12/h11H,1-7H2,(H2,10,14). The van der Waals surface area contributed by atoms with Crippen molar-refractivity contribution in [3.8, 4) is 0 Å². The lowest BCUT2D eigenvalue weighted by atomic mass is 10.2. The van der Waals surface area contributed by atoms with E-state index < -0.39 is 6.09 Å². The minimum Gasteiger partial charge on any atom is -0.450 e. The molecule has 0 aliphatic carbocycles. The topological polar surface area (TPSA) is 84.7 Å². The van der Waals surface area contributed by atoms with Crippen LogP contribution in [-0.4, -0.2) is 49.7 Å². The van der Waals surface area contributed by atoms with E-state index in [1.54, 1.807) is 0 Å². The minimum absolute atomic E-state index is 0.115. The second-order valence-corrected chi connectivity index (χ2v) is 3.40. The summed E-state index contributed by atoms with van der Waals surface area (Å²) >= 11 is 0. The van der Waals surface area contributed by atoms with Crippen LogP contribution in [0, 0.1) is 0 Å². The highest BCUT2D eigenvalue weighted by atomic mass is 16.5. The maximum absolute atomic E-state index is 11.6. The van der Waals surface area contributed by atoms with Crippen molar-refractivity contribution < 1.29 is 14.3 Å². The second kappa shape index (κ2) is 6.23. The molecule has 0 radical (unpaired) electrons. The molecule has 15 heavy (non-hydrogen) atoms. The molecule has 3 N–H and O–H groups in total. The Balaban J connectivity index is 2.09. The van der Waals surface area contributed by atoms with Crippen LogP contribution in [0.2, 0.25) is 0 Å². The Kier molecular flexibility index (Phi) is 4.89. The van der Waals surface area contributed by atoms with Gasteiger partial charge in [-0.05, 0) is 6.42 Å². The smallest absolute Gasteiger partial charge is 0.404 e. The van der Waals surface area contributed by atoms with Crippen LogP contribution in [0.4, 0.5) is 4.79 Å². The van der Waals surface area contributed by atoms with Crippen LogP contribution in [0.1, 0.15) is 12.8 Å². The second-order valence-electron chi connectivity index (χ2n) is 3.40. The molecule has 0 aromatic carbocycles. The number of hydrogen-bond donors (Lipinski definition) is 2. The fourth-order valence-electron chi connectivity index (χ4n) is 1.47. The minimum atomic E-state index is -0.787. The number of nitrogens with two attached hydrogens (primary N) is 1. The number of piperazine rings is 1. The fraction of sp³-hybridized carbons (Fsp3) is 0.778. The zero-order valence-corrected chi connectivity index (χ0v) is 8.70. The number of amides is 2. The SMILES string of the molecule is NC(=O)OCCCC(=O)N1CCNCC1. The first-order chi connectivity index (χ1) is 7.20. The molecule has 0 unspecified atom stereocenters. The summed E-state index contributed by atoms with van der Waals surface area (Å²) in [5.74, 6) is 0.115. The molecule has 0 saturated carbocycles. The summed E-state index contributed by atoms with van der Waals surface area (Å²) in [6.07, 6.45) is 0.156. The molecule has 2 amide bonds. The molecule has 86 valence electrons. The lowest BCUT2D eigenvalue weighted by molar-refractivity contribution is -0.132. The van der Waals surface area contributed by atoms with Crippen LogP contribution >= 0.6 is 0 Å². The maximum atomic E-state index is 11.6. The molecule has 1 fully saturated rings. The van der Waals surface area contributed by atoms with Gasteiger partial charge in [0.2, 0.25) is 5.91 Å². The Morgan fingerprint density at radius 3 is 2.60 bits per heavy atom. The van der Waals surface area contributed by atoms with Crippen molar-refractivity contribution in [3.63, 3.8) is 0 Å². The molecule has 1 aliphatic rings. The summed E-state index contributed by atoms with van der Waals surface area (Å²) in [4.78, 5) is 23.6. The monoisotopic (exact) mass is 215 g/mol. The van der Waals surface area contributed by atoms with Gasteiger partial charge in [-0.1, -0.05) is 0 Å². The third-order valence-corrected chi connectivity index (χ3v) is 2.25. The Morgan fingerprint density at radius 2 is 2.00 bits per heavy atom. The lowest BCUT2D eigenvalue weighted by Gasteiger charge is -2.27. The van der Waals surface area contributed by atoms with Gasteiger partial charge in [-0.2, -0.15) is 0 Å². The maximum Gasteiger partial charge on any atom is 0.404 e. The van der Waals surface area contributed by atoms with E-state index in [-0.39, 0.29) is 12.5 Å². The number of nitrogens with zero attached hydrogens (tertiary/aromatic N) is 1. The van der Waals surface area contributed by atoms with Crippen molar-refractivity contribution in [1.82, 2.24) is 10.2 Å². The number of nitrogens with one attached hydrogen (secondary N) is 1. The van der Waals surface area contributed by atoms with E-state index in [2.05, 4.69) is 10.1 Å². The van der Waals surface area contributed by atoms with Gasteiger partial charge in [0, 0.05) is 32.6 Å². The lowest BCUT2D eigenvalue weighted by Crippen LogP contribution is -2.46. The van der Waals surface area contributed by atoms with E-state index in [0.717, 1.165) is 26.2 Å². The quantitative estimate of drug-likeness (QED) is 0.607. The van der Waals surface area contributed by atoms with Crippen molar-refractivity contribution in [1.29, 1.82) is 0 Å². The molecule has 1 saturated heterocycles. The largest absolute Gasteiger partial charge is 0.450 e. The highest BCUT2D eigenvalue weighted by Crippen LogP contribution is 2.00. The van der Waals surface area contributed by atoms with E-state index in [1.807, 2.05) is 4.90 Å². The Labute approximate surface area is 88.7 Å². The van der Waals surface area contributed by atoms with Crippen LogP contribution in [-0.2, 0) is 9.53 Å². The zero-order valence-electron chi connectivity index (χ0n) is 8.70. The van der Waals surface area contributed by atoms with Crippen molar-refractivity contribution in [2.75, 3.05) is 32.8 Å². The van der Waals surface area contributed by atoms with Crippen molar-refractivity contribution in [2.24, 2.45) is 5.73 Å². The van der Waals surface area contributed by atoms with Gasteiger partial charge in [-0.25, -0.2) is 4.79 Å². The van der Waals surface area contributed by atoms with Crippen LogP contribution in [0.15, 0.2) is 0 Å². The van der Waals surface area contributed by atoms with Crippen molar-refractivity contribution >= 4 is 12.0 Å². The first kappa shape index (κ1) is 11.8. The first-order valence-electron chi connectivity index (χ1n) is 5.11. The van der Waals surface area contributed by atoms with E-state index >= 15 is 0 Å². The molecule has 0 atom stereocenters. The van der Waals surface area contributed by atoms with Crippen LogP contribution < -0.4 is 11.1 Å². The van der Waals surface area contributed by atoms with Gasteiger partial charge in [0.25, 0.3) is 0 Å². The predicted molar refractivity (Wildman–Crippen MR) is 54.2 cm³/mol. The van der Waals surface area contributed by atoms with Gasteiger partial charge in [-0.3, -0.25) is 4.79 Å². The highest BCUT2D eigenvalue weighted by Gasteiger charge is 2.15. The van der Waals surface area contributed by atoms with Crippen LogP contribution in [0.25, 0.3) is 0 Å². The molecular formula is C9H17N3O3. The molecule has 1 aliphatic heterocycles. The zero-order chi connectivity index (χ0) is 11.1. The predicted octanol–water partition coefficient (Wildman–Crippen LogP) is -0.706. The number of rotatable bonds is 4. The fourth-order valence-corrected chi connectivity index (χ4v) is 1.47. The first-order valence-corrected chi connectivity index (χ1v) is 5.11. The third-order valence-electron chi connectivity index (χ3n) is 2.25.